The molecule has 144 heavy (non-hydrogen) atoms. The summed E-state index contributed by atoms with van der Waals surface area (Å²) >= 11 is 0. The van der Waals surface area contributed by atoms with E-state index in [1.165, 1.54) is 63.4 Å². The van der Waals surface area contributed by atoms with E-state index in [0.29, 0.717) is 76.0 Å². The van der Waals surface area contributed by atoms with Gasteiger partial charge in [-0.05, 0) is 241 Å². The number of rotatable bonds is 30. The van der Waals surface area contributed by atoms with Gasteiger partial charge in [-0.25, -0.2) is 63.6 Å². The van der Waals surface area contributed by atoms with Crippen molar-refractivity contribution in [1.82, 2.24) is 15.1 Å². The molecule has 0 saturated carbocycles. The van der Waals surface area contributed by atoms with Gasteiger partial charge in [0.25, 0.3) is 5.91 Å². The van der Waals surface area contributed by atoms with Gasteiger partial charge in [0.2, 0.25) is 17.6 Å². The maximum atomic E-state index is 14.4. The van der Waals surface area contributed by atoms with Gasteiger partial charge in [-0.3, -0.25) is 33.3 Å². The molecule has 0 radical (unpaired) electrons. The molecule has 0 spiro atoms. The van der Waals surface area contributed by atoms with Crippen molar-refractivity contribution in [2.24, 2.45) is 10.2 Å². The number of carbonyl (C=O) groups is 5. The monoisotopic (exact) mass is 2050 g/mol. The van der Waals surface area contributed by atoms with Crippen LogP contribution in [0.2, 0.25) is 0 Å². The maximum absolute atomic E-state index is 14.4. The first-order chi connectivity index (χ1) is 65.4. The first-order valence-electron chi connectivity index (χ1n) is 44.7. The molecular formula is C110H146F10N5O18P. The van der Waals surface area contributed by atoms with E-state index in [-0.39, 0.29) is 157 Å². The summed E-state index contributed by atoms with van der Waals surface area (Å²) in [7, 11) is -2.06. The molecule has 3 unspecified atom stereocenters. The van der Waals surface area contributed by atoms with E-state index >= 15 is 0 Å². The molecule has 14 rings (SSSR count). The van der Waals surface area contributed by atoms with Gasteiger partial charge < -0.3 is 48.1 Å². The molecular weight excluding hydrogens is 1900 g/mol. The number of carbonyl (C=O) groups excluding carboxylic acids is 5. The van der Waals surface area contributed by atoms with Gasteiger partial charge in [0.1, 0.15) is 58.2 Å². The Kier molecular flexibility index (Phi) is 64.3. The molecule has 6 heterocycles. The standard InChI is InChI=1S/C23H24F2O3.C20H21F2N2O5P.C20H20F2N2O2.C17H18F2O3.C9H9F2NO2.C9H14O2.C4H8O.8CH4/c24-19-11-12-21(25)20(16-19)22(26)15-18(17-7-2-1-3-8-17)9-6-14-28-23-10-4-5-13-27-23;1-14(25)24-20(15-6-3-2-4-7-15,10-5-11-29-30(26,27)28)13-19(23-24)17-12-16(21)8-9-18(17)22;1-14(26)24-20(10-5-11-25,15-6-3-2-4-7-15)13-19(23-24)17-12-16(21)8-9-18(17)22;18-13-8-9-15(19)14(12-13)16(20)6-2-1-4-10-21-17-7-3-5-11-22-17;1-12(14-2)9(13)7-5-6(10)3-4-8(7)11;1-2-3-7-10-9-6-4-5-8-11-9;1-2-4-5-3-1;;;;;;;;/h1-3,7-8,11-12,15-16,23H,4-6,9-10,13-14H2;2-4,6-9,12H,5,10-11,13H2,1H3,(H2,26,27,28);2-4,6-9,12,25H,5,10-11,13H2,1H3;8-9,12,17H,1,3-5,7,10-11H2;3-5H,1-2H3;1,9H,3-8H2;1-4H2;8*1H4/b18-15+;;;;;;;;;;;;;;/t;2*20-;;;;;;;;;;;;/m.00............/s1. The number of amides is 3. The molecule has 5 atom stereocenters. The Balaban J connectivity index is 0.00000170. The van der Waals surface area contributed by atoms with Crippen molar-refractivity contribution in [1.29, 1.82) is 0 Å². The second-order valence-corrected chi connectivity index (χ2v) is 33.0. The van der Waals surface area contributed by atoms with Crippen LogP contribution in [-0.2, 0) is 67.8 Å². The molecule has 0 bridgehead atoms. The van der Waals surface area contributed by atoms with Crippen LogP contribution in [0.1, 0.15) is 273 Å². The highest BCUT2D eigenvalue weighted by Gasteiger charge is 2.48. The third kappa shape index (κ3) is 43.2. The number of unbranched alkanes of at least 4 members (excludes halogenated alkanes) is 1. The molecule has 8 aromatic carbocycles. The van der Waals surface area contributed by atoms with Crippen molar-refractivity contribution < 1.29 is 130 Å². The van der Waals surface area contributed by atoms with Gasteiger partial charge >= 0.3 is 7.82 Å². The van der Waals surface area contributed by atoms with Gasteiger partial charge in [0.15, 0.2) is 24.7 Å². The second-order valence-electron chi connectivity index (χ2n) is 31.8. The Bertz CT molecular complexity index is 5410. The van der Waals surface area contributed by atoms with Crippen LogP contribution in [0.15, 0.2) is 198 Å². The Morgan fingerprint density at radius 2 is 0.875 bits per heavy atom. The number of phosphoric ester groups is 1. The summed E-state index contributed by atoms with van der Waals surface area (Å²) in [5.74, 6) is -1.85. The number of nitrogens with zero attached hydrogens (tertiary/aromatic N) is 5. The van der Waals surface area contributed by atoms with Crippen molar-refractivity contribution >= 4 is 54.1 Å². The smallest absolute Gasteiger partial charge is 0.396 e. The van der Waals surface area contributed by atoms with Crippen LogP contribution in [0.4, 0.5) is 43.9 Å². The zero-order valence-electron chi connectivity index (χ0n) is 76.3. The Hall–Kier alpha value is -11.2. The molecule has 8 aromatic rings. The minimum Gasteiger partial charge on any atom is -0.396 e. The second kappa shape index (κ2) is 69.7. The number of aliphatic hydroxyl groups is 1. The number of halogens is 10. The van der Waals surface area contributed by atoms with Crippen molar-refractivity contribution in [2.45, 2.75) is 244 Å². The van der Waals surface area contributed by atoms with Gasteiger partial charge in [0, 0.05) is 97.3 Å². The first kappa shape index (κ1) is 133. The van der Waals surface area contributed by atoms with Crippen molar-refractivity contribution in [3.05, 3.63) is 291 Å². The fourth-order valence-corrected chi connectivity index (χ4v) is 15.4. The van der Waals surface area contributed by atoms with E-state index in [2.05, 4.69) is 37.3 Å². The third-order valence-electron chi connectivity index (χ3n) is 21.8. The molecule has 23 nitrogen and oxygen atoms in total. The summed E-state index contributed by atoms with van der Waals surface area (Å²) in [6, 6.07) is 42.3. The molecule has 0 aromatic heterocycles. The SMILES string of the molecule is C.C.C.C.C.C.C.C.C#CCCOC1CCCCO1.C1CCOC1.CC(=O)N1N=C(c2cc(F)ccc2F)C[C@@]1(CCCO)c1ccccc1.CC(=O)N1N=C(c2cc(F)ccc2F)C[C@@]1(CCCOP(=O)(O)O)c1ccccc1.CON(C)C(=O)c1cc(F)ccc1F.O=C(/C=C(\CCCOC1CCCCO1)c1ccccc1)c1cc(F)ccc1F.O=C(C#CCCCOC1CCCCO1)c1cc(F)ccc1F. The highest BCUT2D eigenvalue weighted by atomic mass is 31.2. The number of hydrogen-bond donors (Lipinski definition) is 3. The number of hydrazone groups is 2. The lowest BCUT2D eigenvalue weighted by Gasteiger charge is -2.36. The Labute approximate surface area is 844 Å². The molecule has 3 N–H and O–H groups in total. The lowest BCUT2D eigenvalue weighted by atomic mass is 9.80. The average molecular weight is 2050 g/mol. The Morgan fingerprint density at radius 1 is 0.486 bits per heavy atom. The number of hydroxylamine groups is 2. The summed E-state index contributed by atoms with van der Waals surface area (Å²) in [6.07, 6.45) is 23.1. The van der Waals surface area contributed by atoms with Gasteiger partial charge in [-0.2, -0.15) is 10.2 Å². The summed E-state index contributed by atoms with van der Waals surface area (Å²) in [5, 5.41) is 21.4. The van der Waals surface area contributed by atoms with Crippen LogP contribution in [0, 0.1) is 82.4 Å². The fraction of sp³-hybridized carbons (Fsp3) is 0.445. The quantitative estimate of drug-likeness (QED) is 0.00551. The van der Waals surface area contributed by atoms with Crippen molar-refractivity contribution in [3.63, 3.8) is 0 Å². The Morgan fingerprint density at radius 3 is 1.28 bits per heavy atom. The zero-order valence-corrected chi connectivity index (χ0v) is 77.2. The van der Waals surface area contributed by atoms with Crippen LogP contribution >= 0.6 is 7.82 Å². The number of benzene rings is 8. The highest BCUT2D eigenvalue weighted by molar-refractivity contribution is 7.46. The van der Waals surface area contributed by atoms with E-state index in [1.807, 2.05) is 60.7 Å². The highest BCUT2D eigenvalue weighted by Crippen LogP contribution is 2.46. The third-order valence-corrected chi connectivity index (χ3v) is 22.3. The van der Waals surface area contributed by atoms with Crippen molar-refractivity contribution in [2.75, 3.05) is 80.2 Å². The molecule has 6 aliphatic rings. The minimum atomic E-state index is -4.63. The fourth-order valence-electron chi connectivity index (χ4n) is 15.0. The van der Waals surface area contributed by atoms with E-state index in [4.69, 9.17) is 49.4 Å². The summed E-state index contributed by atoms with van der Waals surface area (Å²) in [6.45, 7) is 8.37. The maximum Gasteiger partial charge on any atom is 0.469 e. The van der Waals surface area contributed by atoms with E-state index < -0.39 is 100 Å². The van der Waals surface area contributed by atoms with E-state index in [1.54, 1.807) is 30.3 Å². The lowest BCUT2D eigenvalue weighted by molar-refractivity contribution is -0.162. The predicted molar refractivity (Wildman–Crippen MR) is 543 cm³/mol. The minimum absolute atomic E-state index is 0. The molecule has 4 fully saturated rings. The number of hydrogen-bond acceptors (Lipinski definition) is 18. The first-order valence-corrected chi connectivity index (χ1v) is 46.2. The average Bonchev–Trinajstić information content (AvgIpc) is 1.60. The number of phosphoric acid groups is 1. The molecule has 0 aliphatic carbocycles. The summed E-state index contributed by atoms with van der Waals surface area (Å²) in [4.78, 5) is 82.7. The normalized spacial score (nSPS) is 17.3. The van der Waals surface area contributed by atoms with Crippen LogP contribution < -0.4 is 0 Å². The number of ketones is 2. The molecule has 794 valence electrons. The predicted octanol–water partition coefficient (Wildman–Crippen LogP) is 25.4. The number of allylic oxidation sites excluding steroid dienone is 2. The number of Topliss-reactive ketones (excluding diaryl/α,β-unsaturated/α-hetero) is 1. The van der Waals surface area contributed by atoms with Gasteiger partial charge in [-0.15, -0.1) is 12.3 Å². The summed E-state index contributed by atoms with van der Waals surface area (Å²) in [5.41, 5.74) is 0.942. The van der Waals surface area contributed by atoms with Crippen LogP contribution in [0.3, 0.4) is 0 Å². The van der Waals surface area contributed by atoms with Gasteiger partial charge in [-0.1, -0.05) is 156 Å². The zero-order chi connectivity index (χ0) is 98.4. The number of ether oxygens (including phenoxy) is 7. The van der Waals surface area contributed by atoms with Gasteiger partial charge in [0.05, 0.1) is 72.7 Å². The van der Waals surface area contributed by atoms with E-state index in [9.17, 15) is 77.5 Å². The van der Waals surface area contributed by atoms with Crippen LogP contribution in [-0.4, -0.2) is 170 Å². The summed E-state index contributed by atoms with van der Waals surface area (Å²) < 4.78 is 189. The topological polar surface area (TPSA) is 281 Å². The largest absolute Gasteiger partial charge is 0.469 e. The lowest BCUT2D eigenvalue weighted by Crippen LogP contribution is -2.43. The van der Waals surface area contributed by atoms with E-state index in [0.717, 1.165) is 197 Å². The molecule has 3 amide bonds. The number of aliphatic hydroxyl groups excluding tert-OH is 1. The van der Waals surface area contributed by atoms with Crippen LogP contribution in [0.5, 0.6) is 0 Å². The molecule has 6 aliphatic heterocycles. The number of terminal acetylenes is 1. The molecule has 4 saturated heterocycles. The van der Waals surface area contributed by atoms with Crippen molar-refractivity contribution in [3.8, 4) is 24.2 Å². The molecule has 34 heteroatoms. The van der Waals surface area contributed by atoms with Crippen LogP contribution in [0.25, 0.3) is 5.57 Å².